The third kappa shape index (κ3) is 2.27. The van der Waals surface area contributed by atoms with Gasteiger partial charge in [-0.1, -0.05) is 36.4 Å². The summed E-state index contributed by atoms with van der Waals surface area (Å²) >= 11 is 0. The first kappa shape index (κ1) is 9.97. The molecule has 1 saturated carbocycles. The van der Waals surface area contributed by atoms with Gasteiger partial charge in [0.15, 0.2) is 0 Å². The molecular formula is C13H15NO. The fourth-order valence-corrected chi connectivity index (χ4v) is 1.86. The second-order valence-corrected chi connectivity index (χ2v) is 3.89. The van der Waals surface area contributed by atoms with Crippen molar-refractivity contribution in [2.24, 2.45) is 5.92 Å². The van der Waals surface area contributed by atoms with E-state index in [1.807, 2.05) is 18.2 Å². The molecule has 0 heterocycles. The predicted molar refractivity (Wildman–Crippen MR) is 60.5 cm³/mol. The standard InChI is InChI=1S/C13H15NO/c1-2-8-14-13(15)12-9-11(12)10-6-4-3-5-7-10/h2-7,11-12H,1,8-9H2,(H,14,15)/t11-,12-/m1/s1. The summed E-state index contributed by atoms with van der Waals surface area (Å²) in [6, 6.07) is 10.2. The zero-order valence-electron chi connectivity index (χ0n) is 8.65. The van der Waals surface area contributed by atoms with Crippen LogP contribution in [-0.4, -0.2) is 12.5 Å². The number of nitrogens with one attached hydrogen (secondary N) is 1. The van der Waals surface area contributed by atoms with Crippen molar-refractivity contribution in [3.8, 4) is 0 Å². The summed E-state index contributed by atoms with van der Waals surface area (Å²) in [5.41, 5.74) is 1.27. The van der Waals surface area contributed by atoms with Gasteiger partial charge in [0.25, 0.3) is 0 Å². The summed E-state index contributed by atoms with van der Waals surface area (Å²) in [6.45, 7) is 4.14. The van der Waals surface area contributed by atoms with Gasteiger partial charge in [-0.2, -0.15) is 0 Å². The van der Waals surface area contributed by atoms with E-state index in [-0.39, 0.29) is 11.8 Å². The van der Waals surface area contributed by atoms with E-state index in [2.05, 4.69) is 24.0 Å². The molecule has 0 radical (unpaired) electrons. The number of benzene rings is 1. The first-order chi connectivity index (χ1) is 7.33. The van der Waals surface area contributed by atoms with Gasteiger partial charge >= 0.3 is 0 Å². The van der Waals surface area contributed by atoms with Crippen LogP contribution in [0.5, 0.6) is 0 Å². The number of carbonyl (C=O) groups is 1. The van der Waals surface area contributed by atoms with Gasteiger partial charge in [-0.25, -0.2) is 0 Å². The van der Waals surface area contributed by atoms with Crippen LogP contribution in [0.25, 0.3) is 0 Å². The Morgan fingerprint density at radius 2 is 2.20 bits per heavy atom. The van der Waals surface area contributed by atoms with E-state index < -0.39 is 0 Å². The molecule has 0 spiro atoms. The molecule has 0 aromatic heterocycles. The maximum absolute atomic E-state index is 11.6. The summed E-state index contributed by atoms with van der Waals surface area (Å²) in [7, 11) is 0. The van der Waals surface area contributed by atoms with Crippen molar-refractivity contribution in [1.82, 2.24) is 5.32 Å². The monoisotopic (exact) mass is 201 g/mol. The number of hydrogen-bond donors (Lipinski definition) is 1. The van der Waals surface area contributed by atoms with Crippen LogP contribution in [0.3, 0.4) is 0 Å². The minimum atomic E-state index is 0.156. The van der Waals surface area contributed by atoms with E-state index in [0.717, 1.165) is 6.42 Å². The Morgan fingerprint density at radius 3 is 2.87 bits per heavy atom. The van der Waals surface area contributed by atoms with Crippen LogP contribution in [0.1, 0.15) is 17.9 Å². The Kier molecular flexibility index (Phi) is 2.86. The average molecular weight is 201 g/mol. The highest BCUT2D eigenvalue weighted by Crippen LogP contribution is 2.47. The second-order valence-electron chi connectivity index (χ2n) is 3.89. The molecule has 1 N–H and O–H groups in total. The quantitative estimate of drug-likeness (QED) is 0.742. The third-order valence-electron chi connectivity index (χ3n) is 2.78. The van der Waals surface area contributed by atoms with E-state index >= 15 is 0 Å². The van der Waals surface area contributed by atoms with Crippen LogP contribution in [0, 0.1) is 5.92 Å². The van der Waals surface area contributed by atoms with E-state index in [9.17, 15) is 4.79 Å². The number of carbonyl (C=O) groups excluding carboxylic acids is 1. The molecule has 78 valence electrons. The minimum absolute atomic E-state index is 0.156. The van der Waals surface area contributed by atoms with E-state index in [4.69, 9.17) is 0 Å². The van der Waals surface area contributed by atoms with Crippen LogP contribution in [-0.2, 0) is 4.79 Å². The predicted octanol–water partition coefficient (Wildman–Crippen LogP) is 2.09. The van der Waals surface area contributed by atoms with Crippen molar-refractivity contribution in [2.45, 2.75) is 12.3 Å². The molecule has 15 heavy (non-hydrogen) atoms. The molecule has 2 atom stereocenters. The zero-order valence-corrected chi connectivity index (χ0v) is 8.65. The first-order valence-corrected chi connectivity index (χ1v) is 5.26. The highest BCUT2D eigenvalue weighted by Gasteiger charge is 2.43. The topological polar surface area (TPSA) is 29.1 Å². The molecule has 1 aromatic carbocycles. The van der Waals surface area contributed by atoms with Gasteiger partial charge in [0.05, 0.1) is 0 Å². The lowest BCUT2D eigenvalue weighted by molar-refractivity contribution is -0.122. The molecule has 0 unspecified atom stereocenters. The van der Waals surface area contributed by atoms with Gasteiger partial charge in [-0.05, 0) is 17.9 Å². The number of hydrogen-bond acceptors (Lipinski definition) is 1. The van der Waals surface area contributed by atoms with Crippen LogP contribution in [0.4, 0.5) is 0 Å². The third-order valence-corrected chi connectivity index (χ3v) is 2.78. The highest BCUT2D eigenvalue weighted by molar-refractivity contribution is 5.82. The largest absolute Gasteiger partial charge is 0.352 e. The van der Waals surface area contributed by atoms with E-state index in [1.165, 1.54) is 5.56 Å². The Hall–Kier alpha value is -1.57. The van der Waals surface area contributed by atoms with Gasteiger partial charge in [0.1, 0.15) is 0 Å². The number of amides is 1. The average Bonchev–Trinajstić information content (AvgIpc) is 3.07. The summed E-state index contributed by atoms with van der Waals surface area (Å²) in [4.78, 5) is 11.6. The summed E-state index contributed by atoms with van der Waals surface area (Å²) in [5.74, 6) is 0.757. The molecule has 1 aromatic rings. The van der Waals surface area contributed by atoms with Gasteiger partial charge in [-0.15, -0.1) is 6.58 Å². The molecule has 0 bridgehead atoms. The zero-order chi connectivity index (χ0) is 10.7. The van der Waals surface area contributed by atoms with Crippen molar-refractivity contribution in [3.05, 3.63) is 48.6 Å². The van der Waals surface area contributed by atoms with Crippen molar-refractivity contribution in [1.29, 1.82) is 0 Å². The molecular weight excluding hydrogens is 186 g/mol. The smallest absolute Gasteiger partial charge is 0.223 e. The van der Waals surface area contributed by atoms with Crippen LogP contribution in [0.15, 0.2) is 43.0 Å². The van der Waals surface area contributed by atoms with Crippen LogP contribution in [0.2, 0.25) is 0 Å². The maximum atomic E-state index is 11.6. The van der Waals surface area contributed by atoms with Crippen LogP contribution < -0.4 is 5.32 Å². The summed E-state index contributed by atoms with van der Waals surface area (Å²) in [6.07, 6.45) is 2.69. The summed E-state index contributed by atoms with van der Waals surface area (Å²) < 4.78 is 0. The molecule has 0 saturated heterocycles. The van der Waals surface area contributed by atoms with Gasteiger partial charge in [0, 0.05) is 12.5 Å². The SMILES string of the molecule is C=CCNC(=O)[C@@H]1C[C@@H]1c1ccccc1. The molecule has 1 amide bonds. The molecule has 1 fully saturated rings. The highest BCUT2D eigenvalue weighted by atomic mass is 16.2. The Bertz CT molecular complexity index is 358. The Balaban J connectivity index is 1.91. The van der Waals surface area contributed by atoms with Gasteiger partial charge < -0.3 is 5.32 Å². The molecule has 2 nitrogen and oxygen atoms in total. The molecule has 2 rings (SSSR count). The molecule has 0 aliphatic heterocycles. The van der Waals surface area contributed by atoms with Crippen LogP contribution >= 0.6 is 0 Å². The van der Waals surface area contributed by atoms with Crippen molar-refractivity contribution < 1.29 is 4.79 Å². The van der Waals surface area contributed by atoms with Crippen molar-refractivity contribution in [3.63, 3.8) is 0 Å². The maximum Gasteiger partial charge on any atom is 0.223 e. The molecule has 2 heteroatoms. The summed E-state index contributed by atoms with van der Waals surface area (Å²) in [5, 5.41) is 2.84. The minimum Gasteiger partial charge on any atom is -0.352 e. The normalized spacial score (nSPS) is 23.2. The lowest BCUT2D eigenvalue weighted by Gasteiger charge is -2.01. The Morgan fingerprint density at radius 1 is 1.47 bits per heavy atom. The Labute approximate surface area is 90.0 Å². The van der Waals surface area contributed by atoms with Gasteiger partial charge in [0.2, 0.25) is 5.91 Å². The van der Waals surface area contributed by atoms with Gasteiger partial charge in [-0.3, -0.25) is 4.79 Å². The second kappa shape index (κ2) is 4.30. The lowest BCUT2D eigenvalue weighted by atomic mass is 10.1. The van der Waals surface area contributed by atoms with Crippen molar-refractivity contribution >= 4 is 5.91 Å². The van der Waals surface area contributed by atoms with E-state index in [0.29, 0.717) is 12.5 Å². The molecule has 1 aliphatic rings. The van der Waals surface area contributed by atoms with Crippen molar-refractivity contribution in [2.75, 3.05) is 6.54 Å². The molecule has 1 aliphatic carbocycles. The first-order valence-electron chi connectivity index (χ1n) is 5.26. The van der Waals surface area contributed by atoms with E-state index in [1.54, 1.807) is 6.08 Å². The fraction of sp³-hybridized carbons (Fsp3) is 0.308. The fourth-order valence-electron chi connectivity index (χ4n) is 1.86. The number of rotatable bonds is 4. The lowest BCUT2D eigenvalue weighted by Crippen LogP contribution is -2.25.